The second-order valence-corrected chi connectivity index (χ2v) is 5.87. The third-order valence-corrected chi connectivity index (χ3v) is 4.20. The Kier molecular flexibility index (Phi) is 4.66. The first-order chi connectivity index (χ1) is 9.10. The van der Waals surface area contributed by atoms with Crippen molar-refractivity contribution in [3.63, 3.8) is 0 Å². The number of aromatic nitrogens is 2. The highest BCUT2D eigenvalue weighted by Gasteiger charge is 2.11. The Balaban J connectivity index is 2.14. The first-order valence-electron chi connectivity index (χ1n) is 5.77. The predicted octanol–water partition coefficient (Wildman–Crippen LogP) is 3.66. The SMILES string of the molecule is CCn1cc(CSc2cc(Br)ccc2C(=O)O)cn1. The molecule has 1 aromatic carbocycles. The molecule has 0 radical (unpaired) electrons. The van der Waals surface area contributed by atoms with Crippen LogP contribution in [0, 0.1) is 0 Å². The van der Waals surface area contributed by atoms with E-state index in [4.69, 9.17) is 5.11 Å². The summed E-state index contributed by atoms with van der Waals surface area (Å²) in [5.74, 6) is -0.198. The molecule has 4 nitrogen and oxygen atoms in total. The van der Waals surface area contributed by atoms with E-state index in [9.17, 15) is 4.79 Å². The molecule has 0 amide bonds. The molecular weight excluding hydrogens is 328 g/mol. The highest BCUT2D eigenvalue weighted by Crippen LogP contribution is 2.29. The van der Waals surface area contributed by atoms with Gasteiger partial charge in [-0.25, -0.2) is 4.79 Å². The third kappa shape index (κ3) is 3.61. The number of hydrogen-bond acceptors (Lipinski definition) is 3. The minimum absolute atomic E-state index is 0.330. The fourth-order valence-electron chi connectivity index (χ4n) is 1.61. The minimum Gasteiger partial charge on any atom is -0.478 e. The van der Waals surface area contributed by atoms with Gasteiger partial charge in [-0.05, 0) is 25.1 Å². The van der Waals surface area contributed by atoms with Crippen LogP contribution in [0.15, 0.2) is 40.0 Å². The maximum atomic E-state index is 11.1. The number of carboxylic acids is 1. The second-order valence-electron chi connectivity index (χ2n) is 3.94. The van der Waals surface area contributed by atoms with E-state index in [0.717, 1.165) is 21.5 Å². The Labute approximate surface area is 124 Å². The van der Waals surface area contributed by atoms with Crippen molar-refractivity contribution in [1.82, 2.24) is 9.78 Å². The summed E-state index contributed by atoms with van der Waals surface area (Å²) in [6.45, 7) is 2.86. The fourth-order valence-corrected chi connectivity index (χ4v) is 3.11. The van der Waals surface area contributed by atoms with Gasteiger partial charge < -0.3 is 5.11 Å². The first kappa shape index (κ1) is 14.1. The molecule has 0 bridgehead atoms. The van der Waals surface area contributed by atoms with Crippen molar-refractivity contribution in [2.45, 2.75) is 24.1 Å². The van der Waals surface area contributed by atoms with E-state index < -0.39 is 5.97 Å². The zero-order chi connectivity index (χ0) is 13.8. The Morgan fingerprint density at radius 3 is 2.95 bits per heavy atom. The van der Waals surface area contributed by atoms with Crippen LogP contribution in [0.1, 0.15) is 22.8 Å². The van der Waals surface area contributed by atoms with E-state index in [1.165, 1.54) is 11.8 Å². The maximum Gasteiger partial charge on any atom is 0.336 e. The summed E-state index contributed by atoms with van der Waals surface area (Å²) in [5.41, 5.74) is 1.42. The van der Waals surface area contributed by atoms with E-state index in [0.29, 0.717) is 11.3 Å². The number of thioether (sulfide) groups is 1. The van der Waals surface area contributed by atoms with Crippen LogP contribution in [0.4, 0.5) is 0 Å². The minimum atomic E-state index is -0.903. The van der Waals surface area contributed by atoms with Crippen LogP contribution in [-0.2, 0) is 12.3 Å². The summed E-state index contributed by atoms with van der Waals surface area (Å²) < 4.78 is 2.74. The van der Waals surface area contributed by atoms with Gasteiger partial charge in [-0.3, -0.25) is 4.68 Å². The lowest BCUT2D eigenvalue weighted by Crippen LogP contribution is -1.98. The van der Waals surface area contributed by atoms with Gasteiger partial charge in [-0.2, -0.15) is 5.10 Å². The van der Waals surface area contributed by atoms with E-state index in [2.05, 4.69) is 21.0 Å². The van der Waals surface area contributed by atoms with Gasteiger partial charge in [0.1, 0.15) is 0 Å². The Bertz CT molecular complexity index is 598. The van der Waals surface area contributed by atoms with Gasteiger partial charge in [0.2, 0.25) is 0 Å². The lowest BCUT2D eigenvalue weighted by atomic mass is 10.2. The first-order valence-corrected chi connectivity index (χ1v) is 7.55. The Hall–Kier alpha value is -1.27. The molecule has 1 aromatic heterocycles. The van der Waals surface area contributed by atoms with Gasteiger partial charge in [0.05, 0.1) is 11.8 Å². The molecule has 2 aromatic rings. The molecule has 0 aliphatic carbocycles. The third-order valence-electron chi connectivity index (χ3n) is 2.58. The highest BCUT2D eigenvalue weighted by molar-refractivity contribution is 9.10. The molecule has 1 heterocycles. The number of hydrogen-bond donors (Lipinski definition) is 1. The lowest BCUT2D eigenvalue weighted by molar-refractivity contribution is 0.0693. The summed E-state index contributed by atoms with van der Waals surface area (Å²) in [6, 6.07) is 5.19. The summed E-state index contributed by atoms with van der Waals surface area (Å²) in [5, 5.41) is 13.4. The number of halogens is 1. The van der Waals surface area contributed by atoms with Gasteiger partial charge in [0.15, 0.2) is 0 Å². The Morgan fingerprint density at radius 1 is 1.53 bits per heavy atom. The molecule has 0 aliphatic rings. The molecule has 0 saturated carbocycles. The highest BCUT2D eigenvalue weighted by atomic mass is 79.9. The topological polar surface area (TPSA) is 55.1 Å². The molecule has 100 valence electrons. The van der Waals surface area contributed by atoms with Crippen molar-refractivity contribution < 1.29 is 9.90 Å². The molecule has 0 saturated heterocycles. The quantitative estimate of drug-likeness (QED) is 0.844. The smallest absolute Gasteiger partial charge is 0.336 e. The van der Waals surface area contributed by atoms with Crippen molar-refractivity contribution >= 4 is 33.7 Å². The molecule has 0 unspecified atom stereocenters. The summed E-state index contributed by atoms with van der Waals surface area (Å²) in [7, 11) is 0. The second kappa shape index (κ2) is 6.25. The van der Waals surface area contributed by atoms with Crippen LogP contribution in [0.25, 0.3) is 0 Å². The van der Waals surface area contributed by atoms with E-state index in [-0.39, 0.29) is 0 Å². The van der Waals surface area contributed by atoms with Crippen LogP contribution in [0.5, 0.6) is 0 Å². The average molecular weight is 341 g/mol. The predicted molar refractivity (Wildman–Crippen MR) is 78.6 cm³/mol. The number of aromatic carboxylic acids is 1. The number of nitrogens with zero attached hydrogens (tertiary/aromatic N) is 2. The molecule has 0 fully saturated rings. The van der Waals surface area contributed by atoms with Crippen LogP contribution >= 0.6 is 27.7 Å². The largest absolute Gasteiger partial charge is 0.478 e. The normalized spacial score (nSPS) is 10.6. The molecule has 0 aliphatic heterocycles. The zero-order valence-electron chi connectivity index (χ0n) is 10.3. The number of benzene rings is 1. The van der Waals surface area contributed by atoms with E-state index in [1.54, 1.807) is 12.1 Å². The van der Waals surface area contributed by atoms with Gasteiger partial charge in [-0.15, -0.1) is 11.8 Å². The number of carboxylic acid groups (broad SMARTS) is 1. The lowest BCUT2D eigenvalue weighted by Gasteiger charge is -2.05. The van der Waals surface area contributed by atoms with Crippen LogP contribution in [0.2, 0.25) is 0 Å². The summed E-state index contributed by atoms with van der Waals surface area (Å²) >= 11 is 4.87. The van der Waals surface area contributed by atoms with Crippen LogP contribution < -0.4 is 0 Å². The van der Waals surface area contributed by atoms with Gasteiger partial charge in [0.25, 0.3) is 0 Å². The average Bonchev–Trinajstić information content (AvgIpc) is 2.84. The Morgan fingerprint density at radius 2 is 2.32 bits per heavy atom. The van der Waals surface area contributed by atoms with Crippen molar-refractivity contribution in [1.29, 1.82) is 0 Å². The molecular formula is C13H13BrN2O2S. The number of carbonyl (C=O) groups is 1. The van der Waals surface area contributed by atoms with Crippen molar-refractivity contribution in [2.75, 3.05) is 0 Å². The molecule has 2 rings (SSSR count). The number of aryl methyl sites for hydroxylation is 1. The van der Waals surface area contributed by atoms with Crippen molar-refractivity contribution in [2.24, 2.45) is 0 Å². The maximum absolute atomic E-state index is 11.1. The zero-order valence-corrected chi connectivity index (χ0v) is 12.7. The fraction of sp³-hybridized carbons (Fsp3) is 0.231. The van der Waals surface area contributed by atoms with Crippen molar-refractivity contribution in [3.8, 4) is 0 Å². The van der Waals surface area contributed by atoms with Gasteiger partial charge >= 0.3 is 5.97 Å². The molecule has 6 heteroatoms. The van der Waals surface area contributed by atoms with Gasteiger partial charge in [0, 0.05) is 33.4 Å². The van der Waals surface area contributed by atoms with E-state index in [1.807, 2.05) is 30.1 Å². The standard InChI is InChI=1S/C13H13BrN2O2S/c1-2-16-7-9(6-15-16)8-19-12-5-10(14)3-4-11(12)13(17)18/h3-7H,2,8H2,1H3,(H,17,18). The van der Waals surface area contributed by atoms with Crippen LogP contribution in [-0.4, -0.2) is 20.9 Å². The van der Waals surface area contributed by atoms with Crippen LogP contribution in [0.3, 0.4) is 0 Å². The number of rotatable bonds is 5. The van der Waals surface area contributed by atoms with E-state index >= 15 is 0 Å². The molecule has 0 atom stereocenters. The molecule has 19 heavy (non-hydrogen) atoms. The molecule has 1 N–H and O–H groups in total. The van der Waals surface area contributed by atoms with Gasteiger partial charge in [-0.1, -0.05) is 15.9 Å². The monoisotopic (exact) mass is 340 g/mol. The summed E-state index contributed by atoms with van der Waals surface area (Å²) in [6.07, 6.45) is 3.79. The molecule has 0 spiro atoms. The summed E-state index contributed by atoms with van der Waals surface area (Å²) in [4.78, 5) is 11.9. The van der Waals surface area contributed by atoms with Crippen molar-refractivity contribution in [3.05, 3.63) is 46.2 Å².